The Balaban J connectivity index is 2.52. The molecule has 0 bridgehead atoms. The first-order chi connectivity index (χ1) is 9.25. The second-order valence-corrected chi connectivity index (χ2v) is 6.00. The fourth-order valence-corrected chi connectivity index (χ4v) is 2.34. The Hall–Kier alpha value is -1.33. The van der Waals surface area contributed by atoms with Gasteiger partial charge >= 0.3 is 5.97 Å². The van der Waals surface area contributed by atoms with Gasteiger partial charge in [0.05, 0.1) is 19.8 Å². The van der Waals surface area contributed by atoms with Crippen LogP contribution in [-0.4, -0.2) is 30.8 Å². The van der Waals surface area contributed by atoms with Gasteiger partial charge in [0, 0.05) is 6.54 Å². The lowest BCUT2D eigenvalue weighted by molar-refractivity contribution is 0.0598. The van der Waals surface area contributed by atoms with Crippen LogP contribution < -0.4 is 5.32 Å². The van der Waals surface area contributed by atoms with Gasteiger partial charge in [-0.2, -0.15) is 0 Å². The van der Waals surface area contributed by atoms with E-state index in [9.17, 15) is 9.90 Å². The van der Waals surface area contributed by atoms with Crippen molar-refractivity contribution in [1.29, 1.82) is 0 Å². The predicted octanol–water partition coefficient (Wildman–Crippen LogP) is 2.26. The monoisotopic (exact) mass is 283 g/mol. The third kappa shape index (κ3) is 4.98. The van der Waals surface area contributed by atoms with Crippen LogP contribution in [0.4, 0.5) is 0 Å². The molecular formula is C15H25NO4. The van der Waals surface area contributed by atoms with Crippen molar-refractivity contribution < 1.29 is 19.1 Å². The zero-order chi connectivity index (χ0) is 15.3. The van der Waals surface area contributed by atoms with E-state index in [0.717, 1.165) is 13.0 Å². The van der Waals surface area contributed by atoms with Gasteiger partial charge in [-0.05, 0) is 31.7 Å². The van der Waals surface area contributed by atoms with E-state index < -0.39 is 0 Å². The molecule has 0 aliphatic carbocycles. The number of methoxy groups -OCH3 is 1. The van der Waals surface area contributed by atoms with Crippen LogP contribution in [0.2, 0.25) is 0 Å². The van der Waals surface area contributed by atoms with E-state index in [4.69, 9.17) is 4.42 Å². The summed E-state index contributed by atoms with van der Waals surface area (Å²) in [6.07, 6.45) is 0.411. The molecule has 20 heavy (non-hydrogen) atoms. The fraction of sp³-hybridized carbons (Fsp3) is 0.667. The number of nitrogens with one attached hydrogen (secondary N) is 1. The lowest BCUT2D eigenvalue weighted by atomic mass is 9.87. The molecule has 1 rings (SSSR count). The number of aryl methyl sites for hydroxylation is 1. The SMILES string of the molecule is COC(=O)c1cc(CNCC(C)(C)CC(C)O)oc1C. The number of ether oxygens (including phenoxy) is 1. The lowest BCUT2D eigenvalue weighted by Crippen LogP contribution is -2.31. The molecule has 0 aliphatic rings. The van der Waals surface area contributed by atoms with E-state index in [-0.39, 0.29) is 17.5 Å². The lowest BCUT2D eigenvalue weighted by Gasteiger charge is -2.26. The summed E-state index contributed by atoms with van der Waals surface area (Å²) in [7, 11) is 1.35. The van der Waals surface area contributed by atoms with Gasteiger partial charge < -0.3 is 19.6 Å². The molecule has 1 aromatic rings. The first kappa shape index (κ1) is 16.7. The number of rotatable bonds is 7. The topological polar surface area (TPSA) is 71.7 Å². The van der Waals surface area contributed by atoms with Crippen LogP contribution in [0.25, 0.3) is 0 Å². The molecule has 1 aromatic heterocycles. The van der Waals surface area contributed by atoms with Crippen molar-refractivity contribution in [3.63, 3.8) is 0 Å². The van der Waals surface area contributed by atoms with Crippen molar-refractivity contribution in [3.8, 4) is 0 Å². The minimum Gasteiger partial charge on any atom is -0.465 e. The molecule has 0 amide bonds. The highest BCUT2D eigenvalue weighted by Crippen LogP contribution is 2.21. The van der Waals surface area contributed by atoms with Gasteiger partial charge in [-0.3, -0.25) is 0 Å². The molecule has 0 saturated carbocycles. The smallest absolute Gasteiger partial charge is 0.341 e. The van der Waals surface area contributed by atoms with Crippen LogP contribution in [0.3, 0.4) is 0 Å². The normalized spacial score (nSPS) is 13.3. The fourth-order valence-electron chi connectivity index (χ4n) is 2.34. The van der Waals surface area contributed by atoms with Crippen LogP contribution in [0, 0.1) is 12.3 Å². The Morgan fingerprint density at radius 2 is 2.20 bits per heavy atom. The van der Waals surface area contributed by atoms with E-state index in [2.05, 4.69) is 23.9 Å². The maximum absolute atomic E-state index is 11.5. The third-order valence-corrected chi connectivity index (χ3v) is 3.12. The zero-order valence-electron chi connectivity index (χ0n) is 12.9. The molecular weight excluding hydrogens is 258 g/mol. The summed E-state index contributed by atoms with van der Waals surface area (Å²) in [5.74, 6) is 0.888. The van der Waals surface area contributed by atoms with E-state index in [1.165, 1.54) is 7.11 Å². The zero-order valence-corrected chi connectivity index (χ0v) is 12.9. The molecule has 1 unspecified atom stereocenters. The number of carbonyl (C=O) groups excluding carboxylic acids is 1. The van der Waals surface area contributed by atoms with Gasteiger partial charge in [-0.1, -0.05) is 13.8 Å². The summed E-state index contributed by atoms with van der Waals surface area (Å²) >= 11 is 0. The Morgan fingerprint density at radius 1 is 1.55 bits per heavy atom. The average Bonchev–Trinajstić information content (AvgIpc) is 2.67. The van der Waals surface area contributed by atoms with Gasteiger partial charge in [0.25, 0.3) is 0 Å². The molecule has 0 radical (unpaired) electrons. The highest BCUT2D eigenvalue weighted by Gasteiger charge is 2.20. The summed E-state index contributed by atoms with van der Waals surface area (Å²) in [5, 5.41) is 12.7. The molecule has 0 aliphatic heterocycles. The van der Waals surface area contributed by atoms with Crippen LogP contribution in [0.15, 0.2) is 10.5 Å². The predicted molar refractivity (Wildman–Crippen MR) is 76.6 cm³/mol. The van der Waals surface area contributed by atoms with E-state index in [1.54, 1.807) is 19.9 Å². The largest absolute Gasteiger partial charge is 0.465 e. The Labute approximate surface area is 120 Å². The van der Waals surface area contributed by atoms with Gasteiger partial charge in [-0.15, -0.1) is 0 Å². The van der Waals surface area contributed by atoms with Gasteiger partial charge in [0.1, 0.15) is 17.1 Å². The highest BCUT2D eigenvalue weighted by molar-refractivity contribution is 5.90. The first-order valence-corrected chi connectivity index (χ1v) is 6.81. The standard InChI is InChI=1S/C15H25NO4/c1-10(17)7-15(3,4)9-16-8-12-6-13(11(2)20-12)14(18)19-5/h6,10,16-17H,7-9H2,1-5H3. The first-order valence-electron chi connectivity index (χ1n) is 6.81. The van der Waals surface area contributed by atoms with Crippen molar-refractivity contribution in [1.82, 2.24) is 5.32 Å². The molecule has 5 heteroatoms. The molecule has 0 saturated heterocycles. The molecule has 1 atom stereocenters. The van der Waals surface area contributed by atoms with Crippen LogP contribution in [0.1, 0.15) is 49.1 Å². The number of esters is 1. The Kier molecular flexibility index (Phi) is 5.77. The van der Waals surface area contributed by atoms with Crippen LogP contribution in [0.5, 0.6) is 0 Å². The molecule has 0 spiro atoms. The van der Waals surface area contributed by atoms with E-state index in [0.29, 0.717) is 23.6 Å². The second-order valence-electron chi connectivity index (χ2n) is 6.00. The summed E-state index contributed by atoms with van der Waals surface area (Å²) in [6.45, 7) is 9.03. The summed E-state index contributed by atoms with van der Waals surface area (Å²) in [4.78, 5) is 11.5. The van der Waals surface area contributed by atoms with E-state index >= 15 is 0 Å². The highest BCUT2D eigenvalue weighted by atomic mass is 16.5. The van der Waals surface area contributed by atoms with Gasteiger partial charge in [-0.25, -0.2) is 4.79 Å². The molecule has 114 valence electrons. The number of hydrogen-bond acceptors (Lipinski definition) is 5. The maximum Gasteiger partial charge on any atom is 0.341 e. The second kappa shape index (κ2) is 6.90. The number of hydrogen-bond donors (Lipinski definition) is 2. The molecule has 5 nitrogen and oxygen atoms in total. The van der Waals surface area contributed by atoms with Crippen molar-refractivity contribution in [3.05, 3.63) is 23.2 Å². The minimum atomic E-state index is -0.382. The number of furan rings is 1. The number of carbonyl (C=O) groups is 1. The maximum atomic E-state index is 11.5. The van der Waals surface area contributed by atoms with E-state index in [1.807, 2.05) is 0 Å². The van der Waals surface area contributed by atoms with Crippen molar-refractivity contribution in [2.45, 2.75) is 46.8 Å². The Bertz CT molecular complexity index is 449. The molecule has 1 heterocycles. The summed E-state index contributed by atoms with van der Waals surface area (Å²) in [6, 6.07) is 1.70. The number of aliphatic hydroxyl groups is 1. The quantitative estimate of drug-likeness (QED) is 0.751. The minimum absolute atomic E-state index is 0.000975. The summed E-state index contributed by atoms with van der Waals surface area (Å²) in [5.41, 5.74) is 0.466. The van der Waals surface area contributed by atoms with Crippen molar-refractivity contribution in [2.75, 3.05) is 13.7 Å². The number of aliphatic hydroxyl groups excluding tert-OH is 1. The van der Waals surface area contributed by atoms with Crippen LogP contribution in [-0.2, 0) is 11.3 Å². The molecule has 0 aromatic carbocycles. The molecule has 2 N–H and O–H groups in total. The van der Waals surface area contributed by atoms with Gasteiger partial charge in [0.15, 0.2) is 0 Å². The van der Waals surface area contributed by atoms with Crippen LogP contribution >= 0.6 is 0 Å². The van der Waals surface area contributed by atoms with Gasteiger partial charge in [0.2, 0.25) is 0 Å². The third-order valence-electron chi connectivity index (χ3n) is 3.12. The van der Waals surface area contributed by atoms with Crippen molar-refractivity contribution in [2.24, 2.45) is 5.41 Å². The average molecular weight is 283 g/mol. The molecule has 0 fully saturated rings. The Morgan fingerprint density at radius 3 is 2.75 bits per heavy atom. The summed E-state index contributed by atoms with van der Waals surface area (Å²) < 4.78 is 10.2. The van der Waals surface area contributed by atoms with Crippen molar-refractivity contribution >= 4 is 5.97 Å².